The van der Waals surface area contributed by atoms with Crippen LogP contribution in [-0.4, -0.2) is 29.6 Å². The zero-order valence-electron chi connectivity index (χ0n) is 14.9. The number of carbonyl (C=O) groups excluding carboxylic acids is 1. The van der Waals surface area contributed by atoms with Gasteiger partial charge in [0.25, 0.3) is 5.69 Å². The fourth-order valence-electron chi connectivity index (χ4n) is 2.73. The minimum Gasteiger partial charge on any atom is -0.497 e. The van der Waals surface area contributed by atoms with Gasteiger partial charge in [-0.15, -0.1) is 0 Å². The van der Waals surface area contributed by atoms with Crippen LogP contribution in [0.2, 0.25) is 0 Å². The molecule has 3 aromatic rings. The first-order valence-corrected chi connectivity index (χ1v) is 8.33. The maximum absolute atomic E-state index is 12.4. The third-order valence-electron chi connectivity index (χ3n) is 4.08. The summed E-state index contributed by atoms with van der Waals surface area (Å²) in [5.74, 6) is 0.272. The standard InChI is InChI=1S/C20H18N2O5/c1-3-27-20(23)17-12-18(13-6-10-16(26-2)11-7-13)21-19(17)14-4-8-15(9-5-14)22(24)25/h4-12,21H,3H2,1-2H3. The Morgan fingerprint density at radius 1 is 1.07 bits per heavy atom. The van der Waals surface area contributed by atoms with Gasteiger partial charge in [0, 0.05) is 17.8 Å². The highest BCUT2D eigenvalue weighted by atomic mass is 16.6. The van der Waals surface area contributed by atoms with E-state index in [1.54, 1.807) is 32.2 Å². The van der Waals surface area contributed by atoms with E-state index in [-0.39, 0.29) is 12.3 Å². The van der Waals surface area contributed by atoms with E-state index in [2.05, 4.69) is 4.98 Å². The van der Waals surface area contributed by atoms with E-state index in [1.807, 2.05) is 24.3 Å². The Kier molecular flexibility index (Phi) is 5.21. The third-order valence-corrected chi connectivity index (χ3v) is 4.08. The molecule has 7 heteroatoms. The van der Waals surface area contributed by atoms with Crippen LogP contribution in [0, 0.1) is 10.1 Å². The molecule has 7 nitrogen and oxygen atoms in total. The number of aromatic amines is 1. The number of nitrogens with zero attached hydrogens (tertiary/aromatic N) is 1. The van der Waals surface area contributed by atoms with Crippen molar-refractivity contribution in [2.75, 3.05) is 13.7 Å². The number of benzene rings is 2. The van der Waals surface area contributed by atoms with E-state index < -0.39 is 10.9 Å². The average molecular weight is 366 g/mol. The van der Waals surface area contributed by atoms with Gasteiger partial charge in [0.1, 0.15) is 5.75 Å². The van der Waals surface area contributed by atoms with Crippen molar-refractivity contribution >= 4 is 11.7 Å². The number of nitro groups is 1. The van der Waals surface area contributed by atoms with E-state index in [1.165, 1.54) is 12.1 Å². The van der Waals surface area contributed by atoms with Crippen LogP contribution in [-0.2, 0) is 4.74 Å². The number of rotatable bonds is 6. The highest BCUT2D eigenvalue weighted by Gasteiger charge is 2.19. The van der Waals surface area contributed by atoms with Crippen molar-refractivity contribution in [3.8, 4) is 28.3 Å². The monoisotopic (exact) mass is 366 g/mol. The Balaban J connectivity index is 2.06. The van der Waals surface area contributed by atoms with Gasteiger partial charge >= 0.3 is 5.97 Å². The quantitative estimate of drug-likeness (QED) is 0.395. The lowest BCUT2D eigenvalue weighted by Gasteiger charge is -2.04. The zero-order valence-corrected chi connectivity index (χ0v) is 14.9. The molecule has 0 aliphatic rings. The largest absolute Gasteiger partial charge is 0.497 e. The predicted octanol–water partition coefficient (Wildman–Crippen LogP) is 4.44. The lowest BCUT2D eigenvalue weighted by Crippen LogP contribution is -2.04. The van der Waals surface area contributed by atoms with Crippen LogP contribution in [0.4, 0.5) is 5.69 Å². The van der Waals surface area contributed by atoms with E-state index in [4.69, 9.17) is 9.47 Å². The molecule has 1 aromatic heterocycles. The third kappa shape index (κ3) is 3.82. The highest BCUT2D eigenvalue weighted by molar-refractivity contribution is 5.98. The molecule has 138 valence electrons. The molecule has 2 aromatic carbocycles. The molecule has 1 heterocycles. The van der Waals surface area contributed by atoms with Gasteiger partial charge in [-0.05, 0) is 60.5 Å². The minimum atomic E-state index is -0.465. The summed E-state index contributed by atoms with van der Waals surface area (Å²) in [5, 5.41) is 10.9. The molecule has 0 unspecified atom stereocenters. The first kappa shape index (κ1) is 18.2. The van der Waals surface area contributed by atoms with Gasteiger partial charge in [0.2, 0.25) is 0 Å². The van der Waals surface area contributed by atoms with Crippen LogP contribution in [0.15, 0.2) is 54.6 Å². The van der Waals surface area contributed by atoms with Crippen molar-refractivity contribution in [1.82, 2.24) is 4.98 Å². The Labute approximate surface area is 155 Å². The topological polar surface area (TPSA) is 94.5 Å². The second-order valence-electron chi connectivity index (χ2n) is 5.72. The van der Waals surface area contributed by atoms with E-state index in [0.29, 0.717) is 16.8 Å². The molecule has 3 rings (SSSR count). The summed E-state index contributed by atoms with van der Waals surface area (Å²) in [4.78, 5) is 26.0. The number of methoxy groups -OCH3 is 1. The number of carbonyl (C=O) groups is 1. The number of aromatic nitrogens is 1. The summed E-state index contributed by atoms with van der Waals surface area (Å²) in [5.41, 5.74) is 3.16. The lowest BCUT2D eigenvalue weighted by atomic mass is 10.1. The molecule has 0 aliphatic carbocycles. The molecule has 0 saturated heterocycles. The highest BCUT2D eigenvalue weighted by Crippen LogP contribution is 2.31. The van der Waals surface area contributed by atoms with Crippen LogP contribution in [0.25, 0.3) is 22.5 Å². The number of H-pyrrole nitrogens is 1. The molecular weight excluding hydrogens is 348 g/mol. The smallest absolute Gasteiger partial charge is 0.340 e. The number of hydrogen-bond donors (Lipinski definition) is 1. The van der Waals surface area contributed by atoms with Gasteiger partial charge in [-0.25, -0.2) is 4.79 Å². The molecule has 0 saturated carbocycles. The second-order valence-corrected chi connectivity index (χ2v) is 5.72. The average Bonchev–Trinajstić information content (AvgIpc) is 3.14. The van der Waals surface area contributed by atoms with Gasteiger partial charge < -0.3 is 14.5 Å². The number of esters is 1. The maximum atomic E-state index is 12.4. The Morgan fingerprint density at radius 3 is 2.26 bits per heavy atom. The van der Waals surface area contributed by atoms with Crippen LogP contribution in [0.1, 0.15) is 17.3 Å². The van der Waals surface area contributed by atoms with Crippen molar-refractivity contribution in [3.05, 3.63) is 70.3 Å². The molecule has 0 spiro atoms. The number of nitro benzene ring substituents is 1. The molecule has 0 radical (unpaired) electrons. The molecule has 1 N–H and O–H groups in total. The van der Waals surface area contributed by atoms with Crippen molar-refractivity contribution in [2.24, 2.45) is 0 Å². The SMILES string of the molecule is CCOC(=O)c1cc(-c2ccc(OC)cc2)[nH]c1-c1ccc([N+](=O)[O-])cc1. The molecule has 0 fully saturated rings. The fourth-order valence-corrected chi connectivity index (χ4v) is 2.73. The summed E-state index contributed by atoms with van der Waals surface area (Å²) in [6, 6.07) is 15.1. The molecule has 0 aliphatic heterocycles. The summed E-state index contributed by atoms with van der Waals surface area (Å²) in [6.07, 6.45) is 0. The Bertz CT molecular complexity index is 959. The maximum Gasteiger partial charge on any atom is 0.340 e. The lowest BCUT2D eigenvalue weighted by molar-refractivity contribution is -0.384. The summed E-state index contributed by atoms with van der Waals surface area (Å²) in [7, 11) is 1.59. The summed E-state index contributed by atoms with van der Waals surface area (Å²) in [6.45, 7) is 1.99. The first-order chi connectivity index (χ1) is 13.0. The first-order valence-electron chi connectivity index (χ1n) is 8.33. The molecule has 27 heavy (non-hydrogen) atoms. The van der Waals surface area contributed by atoms with Crippen LogP contribution >= 0.6 is 0 Å². The Hall–Kier alpha value is -3.61. The van der Waals surface area contributed by atoms with E-state index >= 15 is 0 Å². The van der Waals surface area contributed by atoms with Crippen molar-refractivity contribution in [3.63, 3.8) is 0 Å². The Morgan fingerprint density at radius 2 is 1.70 bits per heavy atom. The normalized spacial score (nSPS) is 10.4. The van der Waals surface area contributed by atoms with E-state index in [0.717, 1.165) is 17.0 Å². The van der Waals surface area contributed by atoms with Crippen molar-refractivity contribution in [2.45, 2.75) is 6.92 Å². The summed E-state index contributed by atoms with van der Waals surface area (Å²) >= 11 is 0. The van der Waals surface area contributed by atoms with E-state index in [9.17, 15) is 14.9 Å². The summed E-state index contributed by atoms with van der Waals surface area (Å²) < 4.78 is 10.3. The van der Waals surface area contributed by atoms with Gasteiger partial charge in [-0.3, -0.25) is 10.1 Å². The molecular formula is C20H18N2O5. The van der Waals surface area contributed by atoms with Crippen molar-refractivity contribution in [1.29, 1.82) is 0 Å². The molecule has 0 atom stereocenters. The predicted molar refractivity (Wildman–Crippen MR) is 101 cm³/mol. The van der Waals surface area contributed by atoms with Gasteiger partial charge in [0.15, 0.2) is 0 Å². The number of ether oxygens (including phenoxy) is 2. The van der Waals surface area contributed by atoms with Crippen LogP contribution in [0.3, 0.4) is 0 Å². The van der Waals surface area contributed by atoms with Crippen LogP contribution in [0.5, 0.6) is 5.75 Å². The van der Waals surface area contributed by atoms with Crippen LogP contribution < -0.4 is 4.74 Å². The number of non-ortho nitro benzene ring substituents is 1. The molecule has 0 bridgehead atoms. The minimum absolute atomic E-state index is 0.0154. The number of hydrogen-bond acceptors (Lipinski definition) is 5. The van der Waals surface area contributed by atoms with Gasteiger partial charge in [-0.1, -0.05) is 0 Å². The number of nitrogens with one attached hydrogen (secondary N) is 1. The van der Waals surface area contributed by atoms with Gasteiger partial charge in [0.05, 0.1) is 29.9 Å². The second kappa shape index (κ2) is 7.74. The molecule has 0 amide bonds. The van der Waals surface area contributed by atoms with Gasteiger partial charge in [-0.2, -0.15) is 0 Å². The zero-order chi connectivity index (χ0) is 19.4. The fraction of sp³-hybridized carbons (Fsp3) is 0.150. The van der Waals surface area contributed by atoms with Crippen molar-refractivity contribution < 1.29 is 19.2 Å².